The molecule has 0 aromatic rings. The van der Waals surface area contributed by atoms with Crippen molar-refractivity contribution < 1.29 is 9.53 Å². The van der Waals surface area contributed by atoms with Crippen molar-refractivity contribution in [3.05, 3.63) is 0 Å². The molecule has 26 heavy (non-hydrogen) atoms. The predicted molar refractivity (Wildman–Crippen MR) is 103 cm³/mol. The molecule has 1 amide bonds. The summed E-state index contributed by atoms with van der Waals surface area (Å²) in [5, 5.41) is 0. The van der Waals surface area contributed by atoms with E-state index in [0.29, 0.717) is 23.3 Å². The van der Waals surface area contributed by atoms with Crippen LogP contribution < -0.4 is 0 Å². The van der Waals surface area contributed by atoms with Gasteiger partial charge in [0.25, 0.3) is 0 Å². The van der Waals surface area contributed by atoms with E-state index in [9.17, 15) is 4.79 Å². The second-order valence-corrected chi connectivity index (χ2v) is 9.35. The number of ether oxygens (including phenoxy) is 1. The Hall–Kier alpha value is -0.650. The Bertz CT molecular complexity index is 478. The van der Waals surface area contributed by atoms with Crippen molar-refractivity contribution in [3.63, 3.8) is 0 Å². The highest BCUT2D eigenvalue weighted by molar-refractivity contribution is 5.79. The molecular weight excluding hydrogens is 326 g/mol. The van der Waals surface area contributed by atoms with Crippen LogP contribution in [0.4, 0.5) is 0 Å². The number of carbonyl (C=O) groups excluding carboxylic acids is 1. The standard InChI is InChI=1S/C21H37N3O2/c1-22-17-21(15-19(22)16-23-11-13-26-14-12-23)7-9-24(10-8-21)20(25)18-5-3-2-4-6-18/h18-19H,2-17H2,1H3/t19-/m1/s1. The summed E-state index contributed by atoms with van der Waals surface area (Å²) >= 11 is 0. The lowest BCUT2D eigenvalue weighted by Crippen LogP contribution is -2.46. The summed E-state index contributed by atoms with van der Waals surface area (Å²) in [6.07, 6.45) is 9.81. The van der Waals surface area contributed by atoms with E-state index in [4.69, 9.17) is 4.74 Å². The Balaban J connectivity index is 1.28. The monoisotopic (exact) mass is 363 g/mol. The molecule has 4 rings (SSSR count). The van der Waals surface area contributed by atoms with Gasteiger partial charge in [-0.2, -0.15) is 0 Å². The van der Waals surface area contributed by atoms with Crippen LogP contribution in [0.25, 0.3) is 0 Å². The summed E-state index contributed by atoms with van der Waals surface area (Å²) in [5.74, 6) is 0.800. The number of hydrogen-bond donors (Lipinski definition) is 0. The number of likely N-dealkylation sites (tertiary alicyclic amines) is 2. The minimum absolute atomic E-state index is 0.332. The zero-order valence-electron chi connectivity index (χ0n) is 16.6. The smallest absolute Gasteiger partial charge is 0.225 e. The van der Waals surface area contributed by atoms with Gasteiger partial charge in [0.15, 0.2) is 0 Å². The van der Waals surface area contributed by atoms with Gasteiger partial charge in [-0.3, -0.25) is 9.69 Å². The molecule has 0 aromatic heterocycles. The first kappa shape index (κ1) is 18.7. The molecule has 5 nitrogen and oxygen atoms in total. The highest BCUT2D eigenvalue weighted by Gasteiger charge is 2.45. The van der Waals surface area contributed by atoms with Gasteiger partial charge in [0, 0.05) is 51.2 Å². The molecule has 3 saturated heterocycles. The Labute approximate surface area is 159 Å². The summed E-state index contributed by atoms with van der Waals surface area (Å²) in [6.45, 7) is 8.34. The Morgan fingerprint density at radius 2 is 1.73 bits per heavy atom. The van der Waals surface area contributed by atoms with Crippen molar-refractivity contribution in [1.82, 2.24) is 14.7 Å². The van der Waals surface area contributed by atoms with Crippen molar-refractivity contribution in [2.24, 2.45) is 11.3 Å². The molecule has 0 radical (unpaired) electrons. The van der Waals surface area contributed by atoms with Gasteiger partial charge >= 0.3 is 0 Å². The highest BCUT2D eigenvalue weighted by atomic mass is 16.5. The molecule has 3 heterocycles. The van der Waals surface area contributed by atoms with E-state index < -0.39 is 0 Å². The summed E-state index contributed by atoms with van der Waals surface area (Å²) in [6, 6.07) is 0.675. The van der Waals surface area contributed by atoms with Crippen LogP contribution in [0.15, 0.2) is 0 Å². The molecule has 5 heteroatoms. The number of morpholine rings is 1. The fraction of sp³-hybridized carbons (Fsp3) is 0.952. The van der Waals surface area contributed by atoms with Crippen LogP contribution in [0.2, 0.25) is 0 Å². The predicted octanol–water partition coefficient (Wildman–Crippen LogP) is 2.21. The summed E-state index contributed by atoms with van der Waals surface area (Å²) < 4.78 is 5.49. The summed E-state index contributed by atoms with van der Waals surface area (Å²) in [4.78, 5) is 20.2. The SMILES string of the molecule is CN1CC2(CCN(C(=O)C3CCCCC3)CC2)C[C@@H]1CN1CCOCC1. The molecule has 0 aromatic carbocycles. The minimum atomic E-state index is 0.332. The number of amides is 1. The van der Waals surface area contributed by atoms with Crippen LogP contribution in [-0.2, 0) is 9.53 Å². The lowest BCUT2D eigenvalue weighted by molar-refractivity contribution is -0.138. The third-order valence-electron chi connectivity index (χ3n) is 7.54. The number of piperidine rings is 1. The molecule has 4 aliphatic rings. The molecule has 1 aliphatic carbocycles. The number of nitrogens with zero attached hydrogens (tertiary/aromatic N) is 3. The lowest BCUT2D eigenvalue weighted by Gasteiger charge is -2.41. The quantitative estimate of drug-likeness (QED) is 0.770. The van der Waals surface area contributed by atoms with Crippen molar-refractivity contribution in [2.45, 2.75) is 57.4 Å². The van der Waals surface area contributed by atoms with Gasteiger partial charge < -0.3 is 14.5 Å². The van der Waals surface area contributed by atoms with Crippen LogP contribution >= 0.6 is 0 Å². The largest absolute Gasteiger partial charge is 0.379 e. The molecule has 3 aliphatic heterocycles. The third-order valence-corrected chi connectivity index (χ3v) is 7.54. The van der Waals surface area contributed by atoms with Gasteiger partial charge in [-0.25, -0.2) is 0 Å². The van der Waals surface area contributed by atoms with Crippen molar-refractivity contribution >= 4 is 5.91 Å². The van der Waals surface area contributed by atoms with Crippen LogP contribution in [-0.4, -0.2) is 86.2 Å². The summed E-state index contributed by atoms with van der Waals surface area (Å²) in [5.41, 5.74) is 0.453. The van der Waals surface area contributed by atoms with E-state index >= 15 is 0 Å². The van der Waals surface area contributed by atoms with E-state index in [0.717, 1.165) is 52.2 Å². The van der Waals surface area contributed by atoms with E-state index in [1.165, 1.54) is 51.6 Å². The first-order valence-electron chi connectivity index (χ1n) is 10.9. The molecule has 0 bridgehead atoms. The van der Waals surface area contributed by atoms with Crippen LogP contribution in [0.5, 0.6) is 0 Å². The minimum Gasteiger partial charge on any atom is -0.379 e. The third kappa shape index (κ3) is 4.10. The molecule has 0 N–H and O–H groups in total. The number of carbonyl (C=O) groups is 1. The zero-order valence-corrected chi connectivity index (χ0v) is 16.6. The molecule has 1 saturated carbocycles. The maximum atomic E-state index is 12.8. The Morgan fingerprint density at radius 3 is 2.42 bits per heavy atom. The Kier molecular flexibility index (Phi) is 5.87. The van der Waals surface area contributed by atoms with Gasteiger partial charge in [-0.05, 0) is 44.6 Å². The van der Waals surface area contributed by atoms with Crippen molar-refractivity contribution in [3.8, 4) is 0 Å². The first-order valence-corrected chi connectivity index (χ1v) is 10.9. The van der Waals surface area contributed by atoms with Crippen molar-refractivity contribution in [1.29, 1.82) is 0 Å². The van der Waals surface area contributed by atoms with Gasteiger partial charge in [0.1, 0.15) is 0 Å². The second-order valence-electron chi connectivity index (χ2n) is 9.35. The van der Waals surface area contributed by atoms with E-state index in [1.807, 2.05) is 0 Å². The maximum Gasteiger partial charge on any atom is 0.225 e. The molecule has 4 fully saturated rings. The van der Waals surface area contributed by atoms with Gasteiger partial charge in [0.2, 0.25) is 5.91 Å². The topological polar surface area (TPSA) is 36.0 Å². The van der Waals surface area contributed by atoms with E-state index in [-0.39, 0.29) is 0 Å². The fourth-order valence-corrected chi connectivity index (χ4v) is 5.84. The molecule has 1 spiro atoms. The van der Waals surface area contributed by atoms with E-state index in [2.05, 4.69) is 21.7 Å². The number of likely N-dealkylation sites (N-methyl/N-ethyl adjacent to an activating group) is 1. The lowest BCUT2D eigenvalue weighted by atomic mass is 9.76. The average Bonchev–Trinajstić information content (AvgIpc) is 2.98. The molecule has 0 unspecified atom stereocenters. The average molecular weight is 364 g/mol. The van der Waals surface area contributed by atoms with Gasteiger partial charge in [-0.1, -0.05) is 19.3 Å². The maximum absolute atomic E-state index is 12.8. The van der Waals surface area contributed by atoms with Gasteiger partial charge in [-0.15, -0.1) is 0 Å². The van der Waals surface area contributed by atoms with Crippen LogP contribution in [0.1, 0.15) is 51.4 Å². The second kappa shape index (κ2) is 8.15. The number of hydrogen-bond acceptors (Lipinski definition) is 4. The first-order chi connectivity index (χ1) is 12.7. The molecular formula is C21H37N3O2. The van der Waals surface area contributed by atoms with Crippen LogP contribution in [0.3, 0.4) is 0 Å². The highest BCUT2D eigenvalue weighted by Crippen LogP contribution is 2.43. The summed E-state index contributed by atoms with van der Waals surface area (Å²) in [7, 11) is 2.30. The fourth-order valence-electron chi connectivity index (χ4n) is 5.84. The van der Waals surface area contributed by atoms with E-state index in [1.54, 1.807) is 0 Å². The normalized spacial score (nSPS) is 31.6. The van der Waals surface area contributed by atoms with Crippen LogP contribution in [0, 0.1) is 11.3 Å². The van der Waals surface area contributed by atoms with Crippen molar-refractivity contribution in [2.75, 3.05) is 59.5 Å². The zero-order chi connectivity index (χ0) is 18.0. The Morgan fingerprint density at radius 1 is 1.04 bits per heavy atom. The number of rotatable bonds is 3. The molecule has 1 atom stereocenters. The molecule has 148 valence electrons. The van der Waals surface area contributed by atoms with Gasteiger partial charge in [0.05, 0.1) is 13.2 Å².